The van der Waals surface area contributed by atoms with E-state index >= 15 is 0 Å². The van der Waals surface area contributed by atoms with Crippen LogP contribution in [0.3, 0.4) is 0 Å². The maximum absolute atomic E-state index is 12.4. The van der Waals surface area contributed by atoms with Gasteiger partial charge in [0.25, 0.3) is 0 Å². The molecule has 2 rings (SSSR count). The van der Waals surface area contributed by atoms with Gasteiger partial charge in [-0.25, -0.2) is 4.79 Å². The van der Waals surface area contributed by atoms with Crippen LogP contribution >= 0.6 is 0 Å². The molecule has 2 aromatic rings. The van der Waals surface area contributed by atoms with Gasteiger partial charge in [0.2, 0.25) is 5.91 Å². The Hall–Kier alpha value is -2.83. The molecule has 0 aliphatic heterocycles. The molecule has 1 atom stereocenters. The predicted octanol–water partition coefficient (Wildman–Crippen LogP) is 2.89. The molecule has 0 spiro atoms. The lowest BCUT2D eigenvalue weighted by Crippen LogP contribution is -2.46. The number of aromatic amines is 1. The van der Waals surface area contributed by atoms with Gasteiger partial charge in [0.15, 0.2) is 0 Å². The minimum absolute atomic E-state index is 0.252. The lowest BCUT2D eigenvalue weighted by atomic mass is 10.0. The second-order valence-corrected chi connectivity index (χ2v) is 6.11. The molecule has 0 radical (unpaired) electrons. The third-order valence-electron chi connectivity index (χ3n) is 3.36. The summed E-state index contributed by atoms with van der Waals surface area (Å²) in [5, 5.41) is 14.6. The van der Waals surface area contributed by atoms with E-state index in [1.54, 1.807) is 18.3 Å². The fraction of sp³-hybridized carbons (Fsp3) is 0.353. The number of aromatic nitrogens is 2. The molecule has 0 fully saturated rings. The summed E-state index contributed by atoms with van der Waals surface area (Å²) in [6.45, 7) is 5.94. The molecule has 0 saturated carbocycles. The number of carbonyl (C=O) groups is 2. The highest BCUT2D eigenvalue weighted by atomic mass is 16.2. The second kappa shape index (κ2) is 8.14. The van der Waals surface area contributed by atoms with Crippen molar-refractivity contribution in [2.45, 2.75) is 33.2 Å². The van der Waals surface area contributed by atoms with Gasteiger partial charge in [-0.2, -0.15) is 5.10 Å². The molecule has 0 aliphatic rings. The molecular weight excluding hydrogens is 306 g/mol. The molecule has 4 N–H and O–H groups in total. The third-order valence-corrected chi connectivity index (χ3v) is 3.36. The molecule has 3 amide bonds. The van der Waals surface area contributed by atoms with E-state index in [2.05, 4.69) is 26.1 Å². The zero-order chi connectivity index (χ0) is 17.5. The molecule has 1 aromatic heterocycles. The van der Waals surface area contributed by atoms with Gasteiger partial charge >= 0.3 is 6.03 Å². The number of amides is 3. The van der Waals surface area contributed by atoms with Gasteiger partial charge in [0.1, 0.15) is 11.9 Å². The number of anilines is 2. The van der Waals surface area contributed by atoms with Crippen molar-refractivity contribution in [1.82, 2.24) is 15.5 Å². The van der Waals surface area contributed by atoms with Crippen LogP contribution in [-0.2, 0) is 4.79 Å². The molecule has 0 saturated heterocycles. The molecule has 7 heteroatoms. The first-order valence-electron chi connectivity index (χ1n) is 7.88. The fourth-order valence-electron chi connectivity index (χ4n) is 2.30. The summed E-state index contributed by atoms with van der Waals surface area (Å²) in [6.07, 6.45) is 2.08. The standard InChI is InChI=1S/C17H23N5O2/c1-11(2)9-14(16(23)21-15-7-8-18-22-15)20-17(24)19-13-6-4-5-12(3)10-13/h4-8,10-11,14H,9H2,1-3H3,(H2,19,20,24)(H2,18,21,22,23)/t14-/m0/s1. The molecule has 0 bridgehead atoms. The van der Waals surface area contributed by atoms with E-state index in [1.165, 1.54) is 0 Å². The van der Waals surface area contributed by atoms with Crippen LogP contribution in [0.25, 0.3) is 0 Å². The van der Waals surface area contributed by atoms with Crippen LogP contribution in [0.4, 0.5) is 16.3 Å². The summed E-state index contributed by atoms with van der Waals surface area (Å²) in [5.41, 5.74) is 1.73. The summed E-state index contributed by atoms with van der Waals surface area (Å²) < 4.78 is 0. The van der Waals surface area contributed by atoms with Gasteiger partial charge in [-0.1, -0.05) is 26.0 Å². The van der Waals surface area contributed by atoms with Crippen LogP contribution in [0, 0.1) is 12.8 Å². The van der Waals surface area contributed by atoms with Crippen molar-refractivity contribution in [3.8, 4) is 0 Å². The highest BCUT2D eigenvalue weighted by Gasteiger charge is 2.22. The Kier molecular flexibility index (Phi) is 5.95. The van der Waals surface area contributed by atoms with Crippen molar-refractivity contribution in [2.75, 3.05) is 10.6 Å². The molecule has 0 unspecified atom stereocenters. The molecule has 1 aromatic carbocycles. The van der Waals surface area contributed by atoms with Crippen molar-refractivity contribution >= 4 is 23.4 Å². The Morgan fingerprint density at radius 3 is 2.62 bits per heavy atom. The molecule has 1 heterocycles. The first-order valence-corrected chi connectivity index (χ1v) is 7.88. The largest absolute Gasteiger partial charge is 0.326 e. The minimum Gasteiger partial charge on any atom is -0.326 e. The second-order valence-electron chi connectivity index (χ2n) is 6.11. The van der Waals surface area contributed by atoms with E-state index in [0.29, 0.717) is 17.9 Å². The number of nitrogens with zero attached hydrogens (tertiary/aromatic N) is 1. The van der Waals surface area contributed by atoms with E-state index in [1.807, 2.05) is 39.0 Å². The van der Waals surface area contributed by atoms with E-state index in [0.717, 1.165) is 5.56 Å². The molecule has 24 heavy (non-hydrogen) atoms. The maximum atomic E-state index is 12.4. The smallest absolute Gasteiger partial charge is 0.319 e. The minimum atomic E-state index is -0.641. The number of aryl methyl sites for hydroxylation is 1. The topological polar surface area (TPSA) is 98.9 Å². The monoisotopic (exact) mass is 329 g/mol. The Balaban J connectivity index is 1.99. The molecule has 128 valence electrons. The average molecular weight is 329 g/mol. The quantitative estimate of drug-likeness (QED) is 0.656. The Labute approximate surface area is 141 Å². The third kappa shape index (κ3) is 5.42. The van der Waals surface area contributed by atoms with Crippen LogP contribution in [0.15, 0.2) is 36.5 Å². The van der Waals surface area contributed by atoms with E-state index in [4.69, 9.17) is 0 Å². The average Bonchev–Trinajstić information content (AvgIpc) is 2.99. The molecule has 0 aliphatic carbocycles. The lowest BCUT2D eigenvalue weighted by Gasteiger charge is -2.20. The van der Waals surface area contributed by atoms with Crippen molar-refractivity contribution in [3.05, 3.63) is 42.1 Å². The highest BCUT2D eigenvalue weighted by Crippen LogP contribution is 2.11. The number of hydrogen-bond acceptors (Lipinski definition) is 3. The van der Waals surface area contributed by atoms with Gasteiger partial charge in [0, 0.05) is 11.8 Å². The normalized spacial score (nSPS) is 11.8. The van der Waals surface area contributed by atoms with Crippen LogP contribution < -0.4 is 16.0 Å². The summed E-state index contributed by atoms with van der Waals surface area (Å²) in [4.78, 5) is 24.6. The van der Waals surface area contributed by atoms with E-state index in [9.17, 15) is 9.59 Å². The maximum Gasteiger partial charge on any atom is 0.319 e. The van der Waals surface area contributed by atoms with Gasteiger partial charge < -0.3 is 16.0 Å². The van der Waals surface area contributed by atoms with E-state index in [-0.39, 0.29) is 11.8 Å². The van der Waals surface area contributed by atoms with E-state index < -0.39 is 12.1 Å². The Morgan fingerprint density at radius 1 is 1.21 bits per heavy atom. The summed E-state index contributed by atoms with van der Waals surface area (Å²) in [5.74, 6) is 0.462. The first-order chi connectivity index (χ1) is 11.4. The van der Waals surface area contributed by atoms with Crippen LogP contribution in [0.2, 0.25) is 0 Å². The van der Waals surface area contributed by atoms with Crippen molar-refractivity contribution in [2.24, 2.45) is 5.92 Å². The zero-order valence-corrected chi connectivity index (χ0v) is 14.1. The van der Waals surface area contributed by atoms with Gasteiger partial charge in [-0.05, 0) is 37.0 Å². The van der Waals surface area contributed by atoms with Crippen molar-refractivity contribution in [1.29, 1.82) is 0 Å². The fourth-order valence-corrected chi connectivity index (χ4v) is 2.30. The lowest BCUT2D eigenvalue weighted by molar-refractivity contribution is -0.118. The number of H-pyrrole nitrogens is 1. The molecular formula is C17H23N5O2. The van der Waals surface area contributed by atoms with Crippen molar-refractivity contribution < 1.29 is 9.59 Å². The zero-order valence-electron chi connectivity index (χ0n) is 14.1. The van der Waals surface area contributed by atoms with Gasteiger partial charge in [0.05, 0.1) is 6.20 Å². The van der Waals surface area contributed by atoms with Gasteiger partial charge in [-0.3, -0.25) is 9.89 Å². The number of benzene rings is 1. The SMILES string of the molecule is Cc1cccc(NC(=O)N[C@@H](CC(C)C)C(=O)Nc2ccn[nH]2)c1. The van der Waals surface area contributed by atoms with Crippen molar-refractivity contribution in [3.63, 3.8) is 0 Å². The summed E-state index contributed by atoms with van der Waals surface area (Å²) in [6, 6.07) is 8.07. The summed E-state index contributed by atoms with van der Waals surface area (Å²) in [7, 11) is 0. The van der Waals surface area contributed by atoms with Gasteiger partial charge in [-0.15, -0.1) is 0 Å². The highest BCUT2D eigenvalue weighted by molar-refractivity contribution is 5.98. The van der Waals surface area contributed by atoms with Crippen LogP contribution in [-0.4, -0.2) is 28.2 Å². The number of hydrogen-bond donors (Lipinski definition) is 4. The number of rotatable bonds is 6. The van der Waals surface area contributed by atoms with Crippen LogP contribution in [0.5, 0.6) is 0 Å². The Bertz CT molecular complexity index is 682. The van der Waals surface area contributed by atoms with Crippen LogP contribution in [0.1, 0.15) is 25.8 Å². The number of urea groups is 1. The summed E-state index contributed by atoms with van der Waals surface area (Å²) >= 11 is 0. The predicted molar refractivity (Wildman–Crippen MR) is 93.8 cm³/mol. The Morgan fingerprint density at radius 2 is 2.00 bits per heavy atom. The number of nitrogens with one attached hydrogen (secondary N) is 4. The first kappa shape index (κ1) is 17.5. The number of carbonyl (C=O) groups excluding carboxylic acids is 2. The molecule has 7 nitrogen and oxygen atoms in total.